The molecule has 3 rings (SSSR count). The summed E-state index contributed by atoms with van der Waals surface area (Å²) in [7, 11) is -3.70. The third kappa shape index (κ3) is 4.62. The lowest BCUT2D eigenvalue weighted by molar-refractivity contribution is -0.143. The second-order valence-electron chi connectivity index (χ2n) is 6.69. The molecule has 0 saturated carbocycles. The molecule has 2 aromatic heterocycles. The number of carbonyl (C=O) groups is 1. The van der Waals surface area contributed by atoms with E-state index >= 15 is 0 Å². The fraction of sp³-hybridized carbons (Fsp3) is 0.250. The van der Waals surface area contributed by atoms with E-state index in [4.69, 9.17) is 4.74 Å². The van der Waals surface area contributed by atoms with Crippen molar-refractivity contribution in [2.24, 2.45) is 0 Å². The summed E-state index contributed by atoms with van der Waals surface area (Å²) < 4.78 is 32.0. The molecule has 0 N–H and O–H groups in total. The van der Waals surface area contributed by atoms with Crippen LogP contribution >= 0.6 is 0 Å². The first-order valence-electron chi connectivity index (χ1n) is 8.83. The molecule has 0 aliphatic rings. The minimum absolute atomic E-state index is 0.232. The maximum atomic E-state index is 12.3. The van der Waals surface area contributed by atoms with Gasteiger partial charge in [-0.2, -0.15) is 0 Å². The number of nitrogens with zero attached hydrogens (tertiary/aromatic N) is 3. The van der Waals surface area contributed by atoms with Crippen molar-refractivity contribution in [2.75, 3.05) is 17.1 Å². The van der Waals surface area contributed by atoms with E-state index in [-0.39, 0.29) is 12.2 Å². The summed E-state index contributed by atoms with van der Waals surface area (Å²) in [6, 6.07) is 11.7. The number of fused-ring (bicyclic) bond motifs is 1. The summed E-state index contributed by atoms with van der Waals surface area (Å²) in [5.74, 6) is -0.745. The van der Waals surface area contributed by atoms with Crippen LogP contribution < -0.4 is 9.86 Å². The molecule has 0 aliphatic heterocycles. The first kappa shape index (κ1) is 20.5. The van der Waals surface area contributed by atoms with Crippen LogP contribution in [-0.4, -0.2) is 36.6 Å². The predicted molar refractivity (Wildman–Crippen MR) is 109 cm³/mol. The number of rotatable bonds is 6. The lowest BCUT2D eigenvalue weighted by Crippen LogP contribution is -2.36. The summed E-state index contributed by atoms with van der Waals surface area (Å²) in [5.41, 5.74) is 2.40. The molecule has 0 unspecified atom stereocenters. The number of esters is 1. The predicted octanol–water partition coefficient (Wildman–Crippen LogP) is 1.82. The van der Waals surface area contributed by atoms with Crippen molar-refractivity contribution in [1.82, 2.24) is 9.38 Å². The van der Waals surface area contributed by atoms with E-state index in [9.17, 15) is 18.0 Å². The van der Waals surface area contributed by atoms with Gasteiger partial charge in [0.15, 0.2) is 0 Å². The Kier molecular flexibility index (Phi) is 5.69. The first-order chi connectivity index (χ1) is 13.7. The molecule has 8 nitrogen and oxygen atoms in total. The van der Waals surface area contributed by atoms with Crippen LogP contribution in [0.5, 0.6) is 0 Å². The van der Waals surface area contributed by atoms with Crippen molar-refractivity contribution >= 4 is 27.3 Å². The first-order valence-corrected chi connectivity index (χ1v) is 10.7. The second kappa shape index (κ2) is 8.04. The molecule has 0 fully saturated rings. The lowest BCUT2D eigenvalue weighted by Gasteiger charge is -2.23. The van der Waals surface area contributed by atoms with Gasteiger partial charge in [0.25, 0.3) is 5.56 Å². The molecule has 0 radical (unpaired) electrons. The minimum Gasteiger partial charge on any atom is -0.458 e. The zero-order chi connectivity index (χ0) is 21.2. The van der Waals surface area contributed by atoms with Gasteiger partial charge in [-0.15, -0.1) is 0 Å². The Morgan fingerprint density at radius 2 is 1.83 bits per heavy atom. The van der Waals surface area contributed by atoms with Crippen molar-refractivity contribution in [3.63, 3.8) is 0 Å². The van der Waals surface area contributed by atoms with Gasteiger partial charge in [0.05, 0.1) is 17.6 Å². The Hall–Kier alpha value is -3.20. The number of para-hydroxylation sites is 1. The topological polar surface area (TPSA) is 98.0 Å². The van der Waals surface area contributed by atoms with E-state index in [2.05, 4.69) is 4.98 Å². The third-order valence-electron chi connectivity index (χ3n) is 4.38. The molecular weight excluding hydrogens is 394 g/mol. The average molecular weight is 415 g/mol. The van der Waals surface area contributed by atoms with Crippen LogP contribution in [0, 0.1) is 13.8 Å². The molecule has 2 heterocycles. The van der Waals surface area contributed by atoms with E-state index in [1.54, 1.807) is 43.5 Å². The van der Waals surface area contributed by atoms with Crippen molar-refractivity contribution < 1.29 is 17.9 Å². The molecule has 29 heavy (non-hydrogen) atoms. The quantitative estimate of drug-likeness (QED) is 0.570. The smallest absolute Gasteiger partial charge is 0.327 e. The molecule has 0 spiro atoms. The SMILES string of the molecule is Cc1ccccc1N(CC(=O)OCc1cc(=O)n2cccc(C)c2n1)S(C)(=O)=O. The molecule has 0 atom stereocenters. The summed E-state index contributed by atoms with van der Waals surface area (Å²) in [6.07, 6.45) is 2.64. The van der Waals surface area contributed by atoms with Gasteiger partial charge in [0.1, 0.15) is 18.8 Å². The molecular formula is C20H21N3O5S. The maximum Gasteiger partial charge on any atom is 0.327 e. The Morgan fingerprint density at radius 3 is 2.52 bits per heavy atom. The van der Waals surface area contributed by atoms with Gasteiger partial charge in [0, 0.05) is 12.3 Å². The van der Waals surface area contributed by atoms with E-state index in [1.165, 1.54) is 10.5 Å². The van der Waals surface area contributed by atoms with E-state index in [0.717, 1.165) is 16.1 Å². The molecule has 152 valence electrons. The van der Waals surface area contributed by atoms with Crippen LogP contribution in [0.1, 0.15) is 16.8 Å². The van der Waals surface area contributed by atoms with E-state index < -0.39 is 22.5 Å². The van der Waals surface area contributed by atoms with Crippen molar-refractivity contribution in [3.05, 3.63) is 75.8 Å². The standard InChI is InChI=1S/C20H21N3O5S/c1-14-7-4-5-9-17(14)23(29(3,26)27)12-19(25)28-13-16-11-18(24)22-10-6-8-15(2)20(22)21-16/h4-11H,12-13H2,1-3H3. The van der Waals surface area contributed by atoms with Crippen LogP contribution in [-0.2, 0) is 26.2 Å². The average Bonchev–Trinajstić information content (AvgIpc) is 2.65. The molecule has 0 saturated heterocycles. The highest BCUT2D eigenvalue weighted by Gasteiger charge is 2.23. The van der Waals surface area contributed by atoms with Gasteiger partial charge in [-0.25, -0.2) is 13.4 Å². The van der Waals surface area contributed by atoms with E-state index in [0.29, 0.717) is 22.6 Å². The fourth-order valence-electron chi connectivity index (χ4n) is 2.92. The van der Waals surface area contributed by atoms with Crippen molar-refractivity contribution in [3.8, 4) is 0 Å². The highest BCUT2D eigenvalue weighted by Crippen LogP contribution is 2.22. The van der Waals surface area contributed by atoms with Crippen LogP contribution in [0.4, 0.5) is 5.69 Å². The Morgan fingerprint density at radius 1 is 1.14 bits per heavy atom. The Balaban J connectivity index is 1.78. The zero-order valence-electron chi connectivity index (χ0n) is 16.3. The molecule has 0 amide bonds. The normalized spacial score (nSPS) is 11.4. The minimum atomic E-state index is -3.70. The second-order valence-corrected chi connectivity index (χ2v) is 8.59. The number of benzene rings is 1. The summed E-state index contributed by atoms with van der Waals surface area (Å²) in [6.45, 7) is 2.87. The number of hydrogen-bond acceptors (Lipinski definition) is 6. The number of hydrogen-bond donors (Lipinski definition) is 0. The number of anilines is 1. The number of pyridine rings is 1. The number of carbonyl (C=O) groups excluding carboxylic acids is 1. The highest BCUT2D eigenvalue weighted by molar-refractivity contribution is 7.92. The van der Waals surface area contributed by atoms with Gasteiger partial charge in [0.2, 0.25) is 10.0 Å². The fourth-order valence-corrected chi connectivity index (χ4v) is 3.83. The third-order valence-corrected chi connectivity index (χ3v) is 5.50. The van der Waals surface area contributed by atoms with Crippen LogP contribution in [0.2, 0.25) is 0 Å². The van der Waals surface area contributed by atoms with Gasteiger partial charge >= 0.3 is 5.97 Å². The number of aryl methyl sites for hydroxylation is 2. The molecule has 1 aromatic carbocycles. The highest BCUT2D eigenvalue weighted by atomic mass is 32.2. The van der Waals surface area contributed by atoms with Gasteiger partial charge in [-0.1, -0.05) is 24.3 Å². The van der Waals surface area contributed by atoms with Gasteiger partial charge < -0.3 is 4.74 Å². The van der Waals surface area contributed by atoms with Crippen LogP contribution in [0.3, 0.4) is 0 Å². The molecule has 3 aromatic rings. The van der Waals surface area contributed by atoms with Gasteiger partial charge in [-0.05, 0) is 37.1 Å². The van der Waals surface area contributed by atoms with E-state index in [1.807, 2.05) is 13.0 Å². The molecule has 9 heteroatoms. The van der Waals surface area contributed by atoms with Crippen molar-refractivity contribution in [1.29, 1.82) is 0 Å². The Bertz CT molecular complexity index is 1230. The summed E-state index contributed by atoms with van der Waals surface area (Å²) in [5, 5.41) is 0. The molecule has 0 aliphatic carbocycles. The lowest BCUT2D eigenvalue weighted by atomic mass is 10.2. The monoisotopic (exact) mass is 415 g/mol. The maximum absolute atomic E-state index is 12.3. The van der Waals surface area contributed by atoms with Gasteiger partial charge in [-0.3, -0.25) is 18.3 Å². The van der Waals surface area contributed by atoms with Crippen molar-refractivity contribution in [2.45, 2.75) is 20.5 Å². The largest absolute Gasteiger partial charge is 0.458 e. The number of aromatic nitrogens is 2. The summed E-state index contributed by atoms with van der Waals surface area (Å²) >= 11 is 0. The number of sulfonamides is 1. The van der Waals surface area contributed by atoms with Crippen LogP contribution in [0.15, 0.2) is 53.5 Å². The molecule has 0 bridgehead atoms. The van der Waals surface area contributed by atoms with Crippen LogP contribution in [0.25, 0.3) is 5.65 Å². The summed E-state index contributed by atoms with van der Waals surface area (Å²) in [4.78, 5) is 28.9. The Labute approximate surface area is 168 Å². The number of ether oxygens (including phenoxy) is 1. The zero-order valence-corrected chi connectivity index (χ0v) is 17.1.